The summed E-state index contributed by atoms with van der Waals surface area (Å²) in [6.07, 6.45) is 1.19. The van der Waals surface area contributed by atoms with Gasteiger partial charge in [0, 0.05) is 37.4 Å². The first-order chi connectivity index (χ1) is 16.2. The molecule has 1 saturated heterocycles. The number of amides is 1. The predicted molar refractivity (Wildman–Crippen MR) is 133 cm³/mol. The monoisotopic (exact) mass is 481 g/mol. The van der Waals surface area contributed by atoms with E-state index in [0.717, 1.165) is 16.8 Å². The Hall–Kier alpha value is -3.39. The van der Waals surface area contributed by atoms with E-state index in [1.807, 2.05) is 30.0 Å². The number of benzene rings is 3. The zero-order chi connectivity index (χ0) is 24.3. The number of hydrogen-bond acceptors (Lipinski definition) is 4. The summed E-state index contributed by atoms with van der Waals surface area (Å²) in [7, 11) is -3.47. The number of piperazine rings is 1. The van der Waals surface area contributed by atoms with Crippen LogP contribution in [0.1, 0.15) is 21.5 Å². The third-order valence-electron chi connectivity index (χ3n) is 5.98. The van der Waals surface area contributed by atoms with Crippen LogP contribution in [0, 0.1) is 12.7 Å². The minimum atomic E-state index is -3.47. The Morgan fingerprint density at radius 2 is 1.59 bits per heavy atom. The fourth-order valence-electron chi connectivity index (χ4n) is 4.10. The molecule has 0 atom stereocenters. The number of rotatable bonds is 6. The van der Waals surface area contributed by atoms with E-state index in [1.54, 1.807) is 42.5 Å². The first kappa shape index (κ1) is 23.8. The van der Waals surface area contributed by atoms with Gasteiger partial charge in [-0.1, -0.05) is 24.3 Å². The number of anilines is 2. The normalized spacial score (nSPS) is 14.2. The molecule has 6 nitrogen and oxygen atoms in total. The maximum absolute atomic E-state index is 13.2. The SMILES string of the molecule is Cc1cccc(N(Cc2ccc(C(=O)N3CCN(c4ccc(F)cc4)CC3)cc2)S(C)(=O)=O)c1. The predicted octanol–water partition coefficient (Wildman–Crippen LogP) is 4.06. The number of halogens is 1. The van der Waals surface area contributed by atoms with Gasteiger partial charge in [-0.2, -0.15) is 0 Å². The van der Waals surface area contributed by atoms with Crippen LogP contribution in [0.3, 0.4) is 0 Å². The largest absolute Gasteiger partial charge is 0.368 e. The van der Waals surface area contributed by atoms with Crippen LogP contribution in [0.15, 0.2) is 72.8 Å². The molecule has 3 aromatic carbocycles. The van der Waals surface area contributed by atoms with Crippen LogP contribution in [0.25, 0.3) is 0 Å². The third-order valence-corrected chi connectivity index (χ3v) is 7.12. The summed E-state index contributed by atoms with van der Waals surface area (Å²) in [6.45, 7) is 4.61. The molecule has 0 saturated carbocycles. The number of carbonyl (C=O) groups is 1. The number of carbonyl (C=O) groups excluding carboxylic acids is 1. The van der Waals surface area contributed by atoms with Gasteiger partial charge in [0.15, 0.2) is 0 Å². The summed E-state index contributed by atoms with van der Waals surface area (Å²) in [5.74, 6) is -0.316. The molecule has 0 bridgehead atoms. The van der Waals surface area contributed by atoms with E-state index in [-0.39, 0.29) is 18.3 Å². The summed E-state index contributed by atoms with van der Waals surface area (Å²) in [4.78, 5) is 16.9. The van der Waals surface area contributed by atoms with E-state index in [4.69, 9.17) is 0 Å². The van der Waals surface area contributed by atoms with Crippen molar-refractivity contribution >= 4 is 27.3 Å². The molecular weight excluding hydrogens is 453 g/mol. The van der Waals surface area contributed by atoms with Crippen LogP contribution >= 0.6 is 0 Å². The van der Waals surface area contributed by atoms with Gasteiger partial charge in [-0.15, -0.1) is 0 Å². The van der Waals surface area contributed by atoms with Crippen molar-refractivity contribution in [3.63, 3.8) is 0 Å². The smallest absolute Gasteiger partial charge is 0.253 e. The Balaban J connectivity index is 1.41. The fourth-order valence-corrected chi connectivity index (χ4v) is 4.98. The van der Waals surface area contributed by atoms with Gasteiger partial charge in [-0.3, -0.25) is 9.10 Å². The summed E-state index contributed by atoms with van der Waals surface area (Å²) in [5, 5.41) is 0. The highest BCUT2D eigenvalue weighted by molar-refractivity contribution is 7.92. The molecule has 8 heteroatoms. The van der Waals surface area contributed by atoms with Gasteiger partial charge in [0.2, 0.25) is 10.0 Å². The molecule has 3 aromatic rings. The van der Waals surface area contributed by atoms with Crippen molar-refractivity contribution in [1.29, 1.82) is 0 Å². The van der Waals surface area contributed by atoms with Crippen molar-refractivity contribution in [2.24, 2.45) is 0 Å². The Morgan fingerprint density at radius 3 is 2.18 bits per heavy atom. The Kier molecular flexibility index (Phi) is 6.88. The van der Waals surface area contributed by atoms with Gasteiger partial charge >= 0.3 is 0 Å². The second kappa shape index (κ2) is 9.85. The molecule has 0 aromatic heterocycles. The molecule has 1 amide bonds. The maximum Gasteiger partial charge on any atom is 0.253 e. The van der Waals surface area contributed by atoms with Gasteiger partial charge < -0.3 is 9.80 Å². The van der Waals surface area contributed by atoms with Crippen LogP contribution in [-0.2, 0) is 16.6 Å². The lowest BCUT2D eigenvalue weighted by atomic mass is 10.1. The quantitative estimate of drug-likeness (QED) is 0.533. The zero-order valence-electron chi connectivity index (χ0n) is 19.3. The maximum atomic E-state index is 13.2. The van der Waals surface area contributed by atoms with Gasteiger partial charge in [0.05, 0.1) is 18.5 Å². The van der Waals surface area contributed by atoms with E-state index < -0.39 is 10.0 Å². The average Bonchev–Trinajstić information content (AvgIpc) is 2.82. The van der Waals surface area contributed by atoms with E-state index in [9.17, 15) is 17.6 Å². The lowest BCUT2D eigenvalue weighted by molar-refractivity contribution is 0.0746. The van der Waals surface area contributed by atoms with Crippen molar-refractivity contribution in [3.05, 3.63) is 95.3 Å². The number of hydrogen-bond donors (Lipinski definition) is 0. The highest BCUT2D eigenvalue weighted by Crippen LogP contribution is 2.23. The lowest BCUT2D eigenvalue weighted by Gasteiger charge is -2.36. The molecule has 1 aliphatic heterocycles. The van der Waals surface area contributed by atoms with Crippen molar-refractivity contribution < 1.29 is 17.6 Å². The average molecular weight is 482 g/mol. The number of aryl methyl sites for hydroxylation is 1. The van der Waals surface area contributed by atoms with Crippen molar-refractivity contribution in [2.45, 2.75) is 13.5 Å². The second-order valence-corrected chi connectivity index (χ2v) is 10.5. The third kappa shape index (κ3) is 5.56. The molecule has 0 spiro atoms. The standard InChI is InChI=1S/C26H28FN3O3S/c1-20-4-3-5-25(18-20)30(34(2,32)33)19-21-6-8-22(9-7-21)26(31)29-16-14-28(15-17-29)24-12-10-23(27)11-13-24/h3-13,18H,14-17,19H2,1-2H3. The summed E-state index contributed by atoms with van der Waals surface area (Å²) in [6, 6.07) is 20.9. The van der Waals surface area contributed by atoms with Gasteiger partial charge in [0.25, 0.3) is 5.91 Å². The minimum Gasteiger partial charge on any atom is -0.368 e. The highest BCUT2D eigenvalue weighted by atomic mass is 32.2. The molecule has 0 N–H and O–H groups in total. The van der Waals surface area contributed by atoms with Crippen LogP contribution < -0.4 is 9.21 Å². The van der Waals surface area contributed by atoms with Crippen LogP contribution in [0.2, 0.25) is 0 Å². The fraction of sp³-hybridized carbons (Fsp3) is 0.269. The lowest BCUT2D eigenvalue weighted by Crippen LogP contribution is -2.48. The minimum absolute atomic E-state index is 0.0519. The molecule has 0 radical (unpaired) electrons. The number of nitrogens with zero attached hydrogens (tertiary/aromatic N) is 3. The molecule has 0 unspecified atom stereocenters. The van der Waals surface area contributed by atoms with Gasteiger partial charge in [-0.05, 0) is 66.6 Å². The van der Waals surface area contributed by atoms with Crippen LogP contribution in [0.5, 0.6) is 0 Å². The van der Waals surface area contributed by atoms with Crippen LogP contribution in [-0.4, -0.2) is 51.7 Å². The molecule has 1 heterocycles. The topological polar surface area (TPSA) is 60.9 Å². The summed E-state index contributed by atoms with van der Waals surface area (Å²) < 4.78 is 39.4. The van der Waals surface area contributed by atoms with E-state index in [1.165, 1.54) is 22.7 Å². The van der Waals surface area contributed by atoms with Crippen LogP contribution in [0.4, 0.5) is 15.8 Å². The highest BCUT2D eigenvalue weighted by Gasteiger charge is 2.23. The molecule has 1 fully saturated rings. The summed E-state index contributed by atoms with van der Waals surface area (Å²) >= 11 is 0. The van der Waals surface area contributed by atoms with E-state index in [2.05, 4.69) is 4.90 Å². The molecule has 0 aliphatic carbocycles. The second-order valence-electron chi connectivity index (χ2n) is 8.56. The van der Waals surface area contributed by atoms with E-state index >= 15 is 0 Å². The zero-order valence-corrected chi connectivity index (χ0v) is 20.1. The molecule has 178 valence electrons. The van der Waals surface area contributed by atoms with Crippen molar-refractivity contribution in [2.75, 3.05) is 41.6 Å². The molecule has 4 rings (SSSR count). The van der Waals surface area contributed by atoms with Crippen molar-refractivity contribution in [3.8, 4) is 0 Å². The molecule has 34 heavy (non-hydrogen) atoms. The molecular formula is C26H28FN3O3S. The number of sulfonamides is 1. The first-order valence-electron chi connectivity index (χ1n) is 11.1. The Morgan fingerprint density at radius 1 is 0.941 bits per heavy atom. The van der Waals surface area contributed by atoms with E-state index in [0.29, 0.717) is 37.4 Å². The first-order valence-corrected chi connectivity index (χ1v) is 13.0. The van der Waals surface area contributed by atoms with Crippen molar-refractivity contribution in [1.82, 2.24) is 4.90 Å². The Bertz CT molecular complexity index is 1250. The summed E-state index contributed by atoms with van der Waals surface area (Å²) in [5.41, 5.74) is 3.90. The molecule has 1 aliphatic rings. The Labute approximate surface area is 200 Å². The van der Waals surface area contributed by atoms with Gasteiger partial charge in [0.1, 0.15) is 5.82 Å². The van der Waals surface area contributed by atoms with Gasteiger partial charge in [-0.25, -0.2) is 12.8 Å².